The molecule has 0 unspecified atom stereocenters. The zero-order valence-electron chi connectivity index (χ0n) is 22.9. The van der Waals surface area contributed by atoms with Crippen molar-refractivity contribution in [3.05, 3.63) is 81.2 Å². The first kappa shape index (κ1) is 26.6. The maximum absolute atomic E-state index is 13.6. The maximum Gasteiger partial charge on any atom is 0.162 e. The molecule has 5 nitrogen and oxygen atoms in total. The minimum absolute atomic E-state index is 0.100. The number of carbonyl (C=O) groups excluding carboxylic acids is 2. The highest BCUT2D eigenvalue weighted by Crippen LogP contribution is 2.52. The third-order valence-corrected chi connectivity index (χ3v) is 7.89. The minimum Gasteiger partial charge on any atom is -0.493 e. The Balaban J connectivity index is 1.57. The Morgan fingerprint density at radius 3 is 1.97 bits per heavy atom. The number of Topliss-reactive ketones (excluding diaryl/α,β-unsaturated/α-hetero) is 2. The van der Waals surface area contributed by atoms with E-state index >= 15 is 0 Å². The number of halogens is 1. The van der Waals surface area contributed by atoms with Crippen LogP contribution in [0.5, 0.6) is 11.5 Å². The Hall–Kier alpha value is -3.05. The van der Waals surface area contributed by atoms with Gasteiger partial charge in [-0.3, -0.25) is 9.59 Å². The van der Waals surface area contributed by atoms with E-state index in [0.29, 0.717) is 53.7 Å². The fourth-order valence-electron chi connectivity index (χ4n) is 6.07. The molecule has 0 atom stereocenters. The van der Waals surface area contributed by atoms with Gasteiger partial charge in [-0.25, -0.2) is 0 Å². The number of hydrogen-bond acceptors (Lipinski definition) is 5. The normalized spacial score (nSPS) is 20.6. The molecule has 3 aliphatic rings. The fourth-order valence-corrected chi connectivity index (χ4v) is 6.20. The van der Waals surface area contributed by atoms with Crippen molar-refractivity contribution in [1.82, 2.24) is 5.32 Å². The summed E-state index contributed by atoms with van der Waals surface area (Å²) in [5, 5.41) is 4.26. The summed E-state index contributed by atoms with van der Waals surface area (Å²) in [5.41, 5.74) is 4.90. The van der Waals surface area contributed by atoms with Gasteiger partial charge in [-0.1, -0.05) is 57.5 Å². The van der Waals surface area contributed by atoms with Crippen molar-refractivity contribution in [2.45, 2.75) is 72.8 Å². The lowest BCUT2D eigenvalue weighted by Gasteiger charge is -2.44. The summed E-state index contributed by atoms with van der Waals surface area (Å²) in [4.78, 5) is 27.3. The molecule has 0 saturated carbocycles. The number of allylic oxidation sites excluding steroid dienone is 4. The lowest BCUT2D eigenvalue weighted by molar-refractivity contribution is -0.119. The van der Waals surface area contributed by atoms with Crippen LogP contribution >= 0.6 is 11.6 Å². The second-order valence-electron chi connectivity index (χ2n) is 12.3. The molecule has 0 amide bonds. The van der Waals surface area contributed by atoms with Crippen LogP contribution in [-0.4, -0.2) is 18.2 Å². The van der Waals surface area contributed by atoms with Crippen LogP contribution in [0, 0.1) is 10.8 Å². The zero-order chi connectivity index (χ0) is 27.2. The van der Waals surface area contributed by atoms with E-state index in [-0.39, 0.29) is 22.4 Å². The van der Waals surface area contributed by atoms with Gasteiger partial charge in [0.25, 0.3) is 0 Å². The van der Waals surface area contributed by atoms with E-state index in [2.05, 4.69) is 33.0 Å². The number of carbonyl (C=O) groups is 2. The molecular formula is C32H36ClNO4. The Morgan fingerprint density at radius 1 is 0.842 bits per heavy atom. The molecule has 38 heavy (non-hydrogen) atoms. The molecule has 6 heteroatoms. The molecule has 0 spiro atoms. The summed E-state index contributed by atoms with van der Waals surface area (Å²) in [7, 11) is 0. The van der Waals surface area contributed by atoms with Crippen LogP contribution in [0.3, 0.4) is 0 Å². The van der Waals surface area contributed by atoms with Gasteiger partial charge in [-0.15, -0.1) is 0 Å². The lowest BCUT2D eigenvalue weighted by Crippen LogP contribution is -2.42. The summed E-state index contributed by atoms with van der Waals surface area (Å²) >= 11 is 6.01. The zero-order valence-corrected chi connectivity index (χ0v) is 23.6. The fraction of sp³-hybridized carbons (Fsp3) is 0.438. The Morgan fingerprint density at radius 2 is 1.42 bits per heavy atom. The van der Waals surface area contributed by atoms with E-state index in [1.807, 2.05) is 49.4 Å². The van der Waals surface area contributed by atoms with Crippen LogP contribution < -0.4 is 14.8 Å². The molecule has 0 aromatic heterocycles. The summed E-state index contributed by atoms with van der Waals surface area (Å²) in [6, 6.07) is 13.3. The standard InChI is InChI=1S/C32H36ClNO4/c1-6-37-27-13-21(38-18-19-7-9-20(33)10-8-19)11-12-22(27)28-29-23(14-31(2,3)16-25(29)35)34-24-15-32(4,5)17-26(36)30(24)28/h7-13,28,34H,6,14-18H2,1-5H3. The van der Waals surface area contributed by atoms with Crippen molar-refractivity contribution in [2.75, 3.05) is 6.61 Å². The topological polar surface area (TPSA) is 64.6 Å². The Kier molecular flexibility index (Phi) is 6.93. The molecule has 5 rings (SSSR count). The van der Waals surface area contributed by atoms with Crippen LogP contribution in [0.2, 0.25) is 5.02 Å². The number of hydrogen-bond donors (Lipinski definition) is 1. The molecule has 2 aliphatic carbocycles. The summed E-state index contributed by atoms with van der Waals surface area (Å²) in [6.45, 7) is 11.3. The molecule has 2 aromatic carbocycles. The first-order chi connectivity index (χ1) is 18.0. The van der Waals surface area contributed by atoms with E-state index in [1.165, 1.54) is 0 Å². The number of ether oxygens (including phenoxy) is 2. The quantitative estimate of drug-likeness (QED) is 0.422. The van der Waals surface area contributed by atoms with Crippen LogP contribution in [0.1, 0.15) is 77.3 Å². The predicted octanol–water partition coefficient (Wildman–Crippen LogP) is 7.29. The third kappa shape index (κ3) is 5.26. The van der Waals surface area contributed by atoms with Crippen molar-refractivity contribution < 1.29 is 19.1 Å². The molecule has 0 saturated heterocycles. The van der Waals surface area contributed by atoms with Gasteiger partial charge in [0, 0.05) is 58.0 Å². The maximum atomic E-state index is 13.6. The highest BCUT2D eigenvalue weighted by Gasteiger charge is 2.47. The monoisotopic (exact) mass is 533 g/mol. The molecule has 1 N–H and O–H groups in total. The Bertz CT molecular complexity index is 1300. The summed E-state index contributed by atoms with van der Waals surface area (Å²) < 4.78 is 12.2. The smallest absolute Gasteiger partial charge is 0.162 e. The molecule has 0 bridgehead atoms. The predicted molar refractivity (Wildman–Crippen MR) is 149 cm³/mol. The SMILES string of the molecule is CCOc1cc(OCc2ccc(Cl)cc2)ccc1C1C2=C(CC(C)(C)CC2=O)NC2=C1C(=O)CC(C)(C)C2. The van der Waals surface area contributed by atoms with Crippen molar-refractivity contribution in [1.29, 1.82) is 0 Å². The van der Waals surface area contributed by atoms with Gasteiger partial charge in [-0.05, 0) is 54.4 Å². The molecule has 0 fully saturated rings. The summed E-state index contributed by atoms with van der Waals surface area (Å²) in [6.07, 6.45) is 2.45. The van der Waals surface area contributed by atoms with Gasteiger partial charge < -0.3 is 14.8 Å². The van der Waals surface area contributed by atoms with Crippen molar-refractivity contribution in [3.63, 3.8) is 0 Å². The highest BCUT2D eigenvalue weighted by molar-refractivity contribution is 6.30. The molecule has 1 aliphatic heterocycles. The van der Waals surface area contributed by atoms with Gasteiger partial charge in [0.2, 0.25) is 0 Å². The Labute approximate surface area is 230 Å². The van der Waals surface area contributed by atoms with Crippen molar-refractivity contribution >= 4 is 23.2 Å². The lowest BCUT2D eigenvalue weighted by atomic mass is 9.64. The average Bonchev–Trinajstić information content (AvgIpc) is 2.81. The number of benzene rings is 2. The van der Waals surface area contributed by atoms with E-state index in [1.54, 1.807) is 0 Å². The van der Waals surface area contributed by atoms with E-state index in [0.717, 1.165) is 35.4 Å². The number of rotatable bonds is 6. The van der Waals surface area contributed by atoms with Gasteiger partial charge in [0.05, 0.1) is 6.61 Å². The minimum atomic E-state index is -0.444. The first-order valence-electron chi connectivity index (χ1n) is 13.4. The van der Waals surface area contributed by atoms with Crippen LogP contribution in [-0.2, 0) is 16.2 Å². The van der Waals surface area contributed by atoms with Gasteiger partial charge in [0.1, 0.15) is 18.1 Å². The van der Waals surface area contributed by atoms with Gasteiger partial charge in [-0.2, -0.15) is 0 Å². The molecule has 2 aromatic rings. The molecule has 1 heterocycles. The largest absolute Gasteiger partial charge is 0.493 e. The van der Waals surface area contributed by atoms with Crippen molar-refractivity contribution in [2.24, 2.45) is 10.8 Å². The molecular weight excluding hydrogens is 498 g/mol. The molecule has 0 radical (unpaired) electrons. The second kappa shape index (κ2) is 9.92. The first-order valence-corrected chi connectivity index (χ1v) is 13.8. The van der Waals surface area contributed by atoms with Gasteiger partial charge in [0.15, 0.2) is 11.6 Å². The molecule has 200 valence electrons. The van der Waals surface area contributed by atoms with E-state index in [9.17, 15) is 9.59 Å². The summed E-state index contributed by atoms with van der Waals surface area (Å²) in [5.74, 6) is 1.06. The van der Waals surface area contributed by atoms with E-state index < -0.39 is 5.92 Å². The number of dihydropyridines is 1. The third-order valence-electron chi connectivity index (χ3n) is 7.63. The second-order valence-corrected chi connectivity index (χ2v) is 12.7. The van der Waals surface area contributed by atoms with E-state index in [4.69, 9.17) is 21.1 Å². The average molecular weight is 534 g/mol. The van der Waals surface area contributed by atoms with Gasteiger partial charge >= 0.3 is 0 Å². The highest BCUT2D eigenvalue weighted by atomic mass is 35.5. The van der Waals surface area contributed by atoms with Crippen molar-refractivity contribution in [3.8, 4) is 11.5 Å². The van der Waals surface area contributed by atoms with Crippen LogP contribution in [0.4, 0.5) is 0 Å². The number of nitrogens with one attached hydrogen (secondary N) is 1. The number of ketones is 2. The van der Waals surface area contributed by atoms with Crippen LogP contribution in [0.25, 0.3) is 0 Å². The van der Waals surface area contributed by atoms with Crippen LogP contribution in [0.15, 0.2) is 65.0 Å².